The predicted molar refractivity (Wildman–Crippen MR) is 70.1 cm³/mol. The molecule has 0 unspecified atom stereocenters. The molecule has 0 aromatic heterocycles. The molecular weight excluding hydrogens is 228 g/mol. The van der Waals surface area contributed by atoms with E-state index in [9.17, 15) is 14.7 Å². The number of Topliss-reactive ketones (excluding diaryl/α,β-unsaturated/α-hetero) is 1. The Bertz CT molecular complexity index is 614. The Balaban J connectivity index is 2.65. The fourth-order valence-electron chi connectivity index (χ4n) is 2.01. The summed E-state index contributed by atoms with van der Waals surface area (Å²) in [4.78, 5) is 23.2. The van der Waals surface area contributed by atoms with Gasteiger partial charge in [-0.3, -0.25) is 4.79 Å². The first kappa shape index (κ1) is 12.3. The summed E-state index contributed by atoms with van der Waals surface area (Å²) < 4.78 is 0. The highest BCUT2D eigenvalue weighted by Crippen LogP contribution is 2.21. The first-order chi connectivity index (χ1) is 8.63. The molecule has 0 saturated carbocycles. The molecule has 0 saturated heterocycles. The van der Waals surface area contributed by atoms with Crippen molar-refractivity contribution in [3.05, 3.63) is 47.5 Å². The lowest BCUT2D eigenvalue weighted by atomic mass is 9.96. The number of ketones is 1. The standard InChI is InChI=1S/C15H14O3/c1-2-5-14(16)12-8-10-6-3-4-7-11(10)9-13(12)15(17)18/h3-4,6-9H,2,5H2,1H3,(H,17,18). The fraction of sp³-hybridized carbons (Fsp3) is 0.200. The number of fused-ring (bicyclic) bond motifs is 1. The zero-order valence-electron chi connectivity index (χ0n) is 10.1. The van der Waals surface area contributed by atoms with Crippen LogP contribution in [-0.4, -0.2) is 16.9 Å². The van der Waals surface area contributed by atoms with Gasteiger partial charge in [-0.2, -0.15) is 0 Å². The van der Waals surface area contributed by atoms with Gasteiger partial charge in [0.2, 0.25) is 0 Å². The van der Waals surface area contributed by atoms with Crippen LogP contribution in [0.3, 0.4) is 0 Å². The highest BCUT2D eigenvalue weighted by molar-refractivity contribution is 6.09. The molecule has 0 radical (unpaired) electrons. The van der Waals surface area contributed by atoms with Crippen molar-refractivity contribution in [2.45, 2.75) is 19.8 Å². The van der Waals surface area contributed by atoms with E-state index < -0.39 is 5.97 Å². The maximum atomic E-state index is 12.0. The van der Waals surface area contributed by atoms with E-state index in [4.69, 9.17) is 0 Å². The Kier molecular flexibility index (Phi) is 3.42. The summed E-state index contributed by atoms with van der Waals surface area (Å²) in [5.41, 5.74) is 0.398. The molecule has 0 amide bonds. The minimum Gasteiger partial charge on any atom is -0.478 e. The average Bonchev–Trinajstić information content (AvgIpc) is 2.37. The van der Waals surface area contributed by atoms with Crippen LogP contribution in [0.5, 0.6) is 0 Å². The SMILES string of the molecule is CCCC(=O)c1cc2ccccc2cc1C(=O)O. The van der Waals surface area contributed by atoms with Crippen LogP contribution in [0.1, 0.15) is 40.5 Å². The highest BCUT2D eigenvalue weighted by Gasteiger charge is 2.16. The van der Waals surface area contributed by atoms with E-state index in [0.29, 0.717) is 18.4 Å². The molecule has 3 nitrogen and oxygen atoms in total. The molecular formula is C15H14O3. The largest absolute Gasteiger partial charge is 0.478 e. The molecule has 92 valence electrons. The van der Waals surface area contributed by atoms with Crippen molar-refractivity contribution in [3.63, 3.8) is 0 Å². The number of benzene rings is 2. The molecule has 0 spiro atoms. The predicted octanol–water partition coefficient (Wildman–Crippen LogP) is 3.52. The van der Waals surface area contributed by atoms with Gasteiger partial charge in [0.15, 0.2) is 5.78 Å². The molecule has 1 N–H and O–H groups in total. The van der Waals surface area contributed by atoms with Crippen molar-refractivity contribution in [2.75, 3.05) is 0 Å². The molecule has 0 aliphatic heterocycles. The molecule has 2 aromatic carbocycles. The summed E-state index contributed by atoms with van der Waals surface area (Å²) in [5, 5.41) is 10.9. The zero-order chi connectivity index (χ0) is 13.1. The second-order valence-electron chi connectivity index (χ2n) is 4.22. The second kappa shape index (κ2) is 5.00. The van der Waals surface area contributed by atoms with E-state index in [1.54, 1.807) is 12.1 Å². The summed E-state index contributed by atoms with van der Waals surface area (Å²) >= 11 is 0. The number of hydrogen-bond acceptors (Lipinski definition) is 2. The first-order valence-corrected chi connectivity index (χ1v) is 5.92. The highest BCUT2D eigenvalue weighted by atomic mass is 16.4. The number of carbonyl (C=O) groups is 2. The number of carboxylic acid groups (broad SMARTS) is 1. The molecule has 18 heavy (non-hydrogen) atoms. The van der Waals surface area contributed by atoms with Crippen LogP contribution >= 0.6 is 0 Å². The molecule has 2 rings (SSSR count). The average molecular weight is 242 g/mol. The van der Waals surface area contributed by atoms with Crippen molar-refractivity contribution >= 4 is 22.5 Å². The third-order valence-corrected chi connectivity index (χ3v) is 2.89. The maximum absolute atomic E-state index is 12.0. The summed E-state index contributed by atoms with van der Waals surface area (Å²) in [6.07, 6.45) is 1.09. The summed E-state index contributed by atoms with van der Waals surface area (Å²) in [6, 6.07) is 10.7. The van der Waals surface area contributed by atoms with Crippen LogP contribution in [0.4, 0.5) is 0 Å². The van der Waals surface area contributed by atoms with Crippen LogP contribution in [0, 0.1) is 0 Å². The lowest BCUT2D eigenvalue weighted by Gasteiger charge is -2.07. The molecule has 0 fully saturated rings. The van der Waals surface area contributed by atoms with Crippen LogP contribution in [0.25, 0.3) is 10.8 Å². The number of aromatic carboxylic acids is 1. The third kappa shape index (κ3) is 2.25. The van der Waals surface area contributed by atoms with Gasteiger partial charge in [-0.15, -0.1) is 0 Å². The Morgan fingerprint density at radius 1 is 1.06 bits per heavy atom. The zero-order valence-corrected chi connectivity index (χ0v) is 10.1. The number of carboxylic acids is 1. The Labute approximate surface area is 105 Å². The second-order valence-corrected chi connectivity index (χ2v) is 4.22. The Morgan fingerprint density at radius 3 is 2.11 bits per heavy atom. The van der Waals surface area contributed by atoms with E-state index in [1.807, 2.05) is 31.2 Å². The van der Waals surface area contributed by atoms with Gasteiger partial charge in [0, 0.05) is 12.0 Å². The van der Waals surface area contributed by atoms with Crippen LogP contribution in [0.2, 0.25) is 0 Å². The molecule has 0 aliphatic rings. The van der Waals surface area contributed by atoms with Gasteiger partial charge in [0.1, 0.15) is 0 Å². The lowest BCUT2D eigenvalue weighted by molar-refractivity contribution is 0.0692. The molecule has 0 bridgehead atoms. The Morgan fingerprint density at radius 2 is 1.61 bits per heavy atom. The van der Waals surface area contributed by atoms with Gasteiger partial charge >= 0.3 is 5.97 Å². The van der Waals surface area contributed by atoms with Crippen molar-refractivity contribution in [2.24, 2.45) is 0 Å². The van der Waals surface area contributed by atoms with Crippen molar-refractivity contribution < 1.29 is 14.7 Å². The first-order valence-electron chi connectivity index (χ1n) is 5.92. The van der Waals surface area contributed by atoms with Crippen molar-refractivity contribution in [3.8, 4) is 0 Å². The minimum absolute atomic E-state index is 0.0900. The van der Waals surface area contributed by atoms with Gasteiger partial charge < -0.3 is 5.11 Å². The normalized spacial score (nSPS) is 10.5. The minimum atomic E-state index is -1.06. The van der Waals surface area contributed by atoms with Gasteiger partial charge in [-0.25, -0.2) is 4.79 Å². The van der Waals surface area contributed by atoms with E-state index >= 15 is 0 Å². The van der Waals surface area contributed by atoms with E-state index in [2.05, 4.69) is 0 Å². The smallest absolute Gasteiger partial charge is 0.336 e. The molecule has 2 aromatic rings. The topological polar surface area (TPSA) is 54.4 Å². The number of rotatable bonds is 4. The molecule has 0 heterocycles. The van der Waals surface area contributed by atoms with Gasteiger partial charge in [0.25, 0.3) is 0 Å². The van der Waals surface area contributed by atoms with Crippen LogP contribution in [-0.2, 0) is 0 Å². The van der Waals surface area contributed by atoms with E-state index in [0.717, 1.165) is 10.8 Å². The van der Waals surface area contributed by atoms with E-state index in [1.165, 1.54) is 0 Å². The maximum Gasteiger partial charge on any atom is 0.336 e. The van der Waals surface area contributed by atoms with Crippen molar-refractivity contribution in [1.29, 1.82) is 0 Å². The Hall–Kier alpha value is -2.16. The monoisotopic (exact) mass is 242 g/mol. The quantitative estimate of drug-likeness (QED) is 0.834. The summed E-state index contributed by atoms with van der Waals surface area (Å²) in [7, 11) is 0. The number of carbonyl (C=O) groups excluding carboxylic acids is 1. The third-order valence-electron chi connectivity index (χ3n) is 2.89. The van der Waals surface area contributed by atoms with Crippen LogP contribution < -0.4 is 0 Å². The lowest BCUT2D eigenvalue weighted by Crippen LogP contribution is -2.08. The van der Waals surface area contributed by atoms with Crippen LogP contribution in [0.15, 0.2) is 36.4 Å². The van der Waals surface area contributed by atoms with Gasteiger partial charge in [0.05, 0.1) is 5.56 Å². The molecule has 3 heteroatoms. The van der Waals surface area contributed by atoms with Crippen molar-refractivity contribution in [1.82, 2.24) is 0 Å². The summed E-state index contributed by atoms with van der Waals surface area (Å²) in [5.74, 6) is -1.17. The fourth-order valence-corrected chi connectivity index (χ4v) is 2.01. The molecule has 0 atom stereocenters. The number of hydrogen-bond donors (Lipinski definition) is 1. The molecule has 0 aliphatic carbocycles. The van der Waals surface area contributed by atoms with Gasteiger partial charge in [-0.1, -0.05) is 31.2 Å². The summed E-state index contributed by atoms with van der Waals surface area (Å²) in [6.45, 7) is 1.90. The van der Waals surface area contributed by atoms with Gasteiger partial charge in [-0.05, 0) is 29.3 Å². The van der Waals surface area contributed by atoms with E-state index in [-0.39, 0.29) is 11.3 Å².